The first-order chi connectivity index (χ1) is 14.3. The van der Waals surface area contributed by atoms with Crippen molar-refractivity contribution < 1.29 is 9.21 Å². The second-order valence-corrected chi connectivity index (χ2v) is 7.93. The summed E-state index contributed by atoms with van der Waals surface area (Å²) in [5.41, 5.74) is 4.01. The Morgan fingerprint density at radius 1 is 0.933 bits per heavy atom. The number of benzene rings is 3. The molecule has 1 aromatic heterocycles. The van der Waals surface area contributed by atoms with E-state index in [-0.39, 0.29) is 11.3 Å². The fourth-order valence-electron chi connectivity index (χ4n) is 3.32. The number of amides is 1. The molecule has 150 valence electrons. The smallest absolute Gasteiger partial charge is 0.255 e. The van der Waals surface area contributed by atoms with E-state index in [9.17, 15) is 9.59 Å². The van der Waals surface area contributed by atoms with Gasteiger partial charge < -0.3 is 9.73 Å². The normalized spacial score (nSPS) is 10.9. The lowest BCUT2D eigenvalue weighted by atomic mass is 10.1. The summed E-state index contributed by atoms with van der Waals surface area (Å²) >= 11 is 12.0. The van der Waals surface area contributed by atoms with Gasteiger partial charge in [0.15, 0.2) is 5.43 Å². The standard InChI is InChI=1S/C24H17Cl2NO3/c1-13-9-14(2)23-18(10-13)21(28)12-22(30-23)15-3-5-16(6-4-15)24(29)27-20-8-7-17(25)11-19(20)26/h3-12H,1-2H3,(H,27,29). The molecule has 0 radical (unpaired) electrons. The van der Waals surface area contributed by atoms with Gasteiger partial charge in [-0.15, -0.1) is 0 Å². The Morgan fingerprint density at radius 2 is 1.67 bits per heavy atom. The maximum Gasteiger partial charge on any atom is 0.255 e. The van der Waals surface area contributed by atoms with Gasteiger partial charge in [0.05, 0.1) is 16.1 Å². The molecule has 1 amide bonds. The number of aryl methyl sites for hydroxylation is 2. The number of fused-ring (bicyclic) bond motifs is 1. The Hall–Kier alpha value is -3.08. The minimum Gasteiger partial charge on any atom is -0.456 e. The van der Waals surface area contributed by atoms with E-state index in [0.717, 1.165) is 11.1 Å². The van der Waals surface area contributed by atoms with Crippen LogP contribution < -0.4 is 10.7 Å². The zero-order valence-electron chi connectivity index (χ0n) is 16.3. The molecule has 3 aromatic carbocycles. The molecule has 30 heavy (non-hydrogen) atoms. The highest BCUT2D eigenvalue weighted by atomic mass is 35.5. The molecule has 0 saturated carbocycles. The topological polar surface area (TPSA) is 59.3 Å². The lowest BCUT2D eigenvalue weighted by Gasteiger charge is -2.09. The average molecular weight is 438 g/mol. The maximum absolute atomic E-state index is 12.6. The molecule has 0 saturated heterocycles. The maximum atomic E-state index is 12.6. The van der Waals surface area contributed by atoms with Gasteiger partial charge in [-0.1, -0.05) is 41.4 Å². The van der Waals surface area contributed by atoms with Gasteiger partial charge in [-0.2, -0.15) is 0 Å². The SMILES string of the molecule is Cc1cc(C)c2oc(-c3ccc(C(=O)Nc4ccc(Cl)cc4Cl)cc3)cc(=O)c2c1. The van der Waals surface area contributed by atoms with Crippen molar-refractivity contribution in [2.24, 2.45) is 0 Å². The summed E-state index contributed by atoms with van der Waals surface area (Å²) in [5.74, 6) is 0.143. The third-order valence-electron chi connectivity index (χ3n) is 4.77. The van der Waals surface area contributed by atoms with Crippen LogP contribution in [0.4, 0.5) is 5.69 Å². The Labute approximate surface area is 183 Å². The fourth-order valence-corrected chi connectivity index (χ4v) is 3.78. The van der Waals surface area contributed by atoms with Crippen LogP contribution in [0.15, 0.2) is 69.9 Å². The van der Waals surface area contributed by atoms with Crippen LogP contribution in [0.2, 0.25) is 10.0 Å². The van der Waals surface area contributed by atoms with Crippen LogP contribution >= 0.6 is 23.2 Å². The van der Waals surface area contributed by atoms with Gasteiger partial charge in [0, 0.05) is 22.2 Å². The molecule has 0 spiro atoms. The summed E-state index contributed by atoms with van der Waals surface area (Å²) in [6, 6.07) is 17.0. The molecule has 4 rings (SSSR count). The van der Waals surface area contributed by atoms with Gasteiger partial charge in [-0.3, -0.25) is 9.59 Å². The second-order valence-electron chi connectivity index (χ2n) is 7.09. The summed E-state index contributed by atoms with van der Waals surface area (Å²) in [6.07, 6.45) is 0. The van der Waals surface area contributed by atoms with E-state index in [1.807, 2.05) is 26.0 Å². The van der Waals surface area contributed by atoms with E-state index in [4.69, 9.17) is 27.6 Å². The van der Waals surface area contributed by atoms with Crippen LogP contribution in [0.3, 0.4) is 0 Å². The van der Waals surface area contributed by atoms with Crippen LogP contribution in [0.25, 0.3) is 22.3 Å². The minimum atomic E-state index is -0.308. The van der Waals surface area contributed by atoms with Gasteiger partial charge in [0.1, 0.15) is 11.3 Å². The predicted molar refractivity (Wildman–Crippen MR) is 122 cm³/mol. The molecule has 6 heteroatoms. The molecule has 0 aliphatic carbocycles. The highest BCUT2D eigenvalue weighted by Gasteiger charge is 2.12. The van der Waals surface area contributed by atoms with E-state index < -0.39 is 0 Å². The minimum absolute atomic E-state index is 0.0998. The summed E-state index contributed by atoms with van der Waals surface area (Å²) < 4.78 is 6.01. The second kappa shape index (κ2) is 7.98. The van der Waals surface area contributed by atoms with Gasteiger partial charge in [-0.05, 0) is 61.4 Å². The van der Waals surface area contributed by atoms with Crippen molar-refractivity contribution in [3.63, 3.8) is 0 Å². The number of rotatable bonds is 3. The van der Waals surface area contributed by atoms with Crippen LogP contribution in [-0.4, -0.2) is 5.91 Å². The number of hydrogen-bond acceptors (Lipinski definition) is 3. The van der Waals surface area contributed by atoms with Crippen LogP contribution in [-0.2, 0) is 0 Å². The number of carbonyl (C=O) groups excluding carboxylic acids is 1. The number of hydrogen-bond donors (Lipinski definition) is 1. The van der Waals surface area contributed by atoms with Crippen molar-refractivity contribution in [2.45, 2.75) is 13.8 Å². The lowest BCUT2D eigenvalue weighted by Crippen LogP contribution is -2.12. The van der Waals surface area contributed by atoms with E-state index in [2.05, 4.69) is 5.32 Å². The highest BCUT2D eigenvalue weighted by molar-refractivity contribution is 6.36. The van der Waals surface area contributed by atoms with Gasteiger partial charge in [0.25, 0.3) is 5.91 Å². The Balaban J connectivity index is 1.63. The summed E-state index contributed by atoms with van der Waals surface area (Å²) in [7, 11) is 0. The Morgan fingerprint density at radius 3 is 2.37 bits per heavy atom. The number of carbonyl (C=O) groups is 1. The monoisotopic (exact) mass is 437 g/mol. The molecule has 0 aliphatic heterocycles. The fraction of sp³-hybridized carbons (Fsp3) is 0.0833. The average Bonchev–Trinajstić information content (AvgIpc) is 2.71. The number of anilines is 1. The Kier molecular flexibility index (Phi) is 5.37. The molecule has 0 unspecified atom stereocenters. The molecule has 0 fully saturated rings. The largest absolute Gasteiger partial charge is 0.456 e. The van der Waals surface area contributed by atoms with Crippen molar-refractivity contribution >= 4 is 45.8 Å². The zero-order valence-corrected chi connectivity index (χ0v) is 17.8. The molecular formula is C24H17Cl2NO3. The molecule has 0 bridgehead atoms. The van der Waals surface area contributed by atoms with Crippen molar-refractivity contribution in [1.29, 1.82) is 0 Å². The molecule has 4 aromatic rings. The van der Waals surface area contributed by atoms with E-state index in [0.29, 0.717) is 43.6 Å². The van der Waals surface area contributed by atoms with Crippen molar-refractivity contribution in [2.75, 3.05) is 5.32 Å². The van der Waals surface area contributed by atoms with Crippen LogP contribution in [0.5, 0.6) is 0 Å². The van der Waals surface area contributed by atoms with Crippen molar-refractivity contribution in [1.82, 2.24) is 0 Å². The first kappa shape index (κ1) is 20.2. The zero-order chi connectivity index (χ0) is 21.4. The molecule has 0 aliphatic rings. The first-order valence-electron chi connectivity index (χ1n) is 9.24. The highest BCUT2D eigenvalue weighted by Crippen LogP contribution is 2.27. The van der Waals surface area contributed by atoms with E-state index in [1.165, 1.54) is 6.07 Å². The number of halogens is 2. The first-order valence-corrected chi connectivity index (χ1v) is 9.99. The van der Waals surface area contributed by atoms with E-state index in [1.54, 1.807) is 42.5 Å². The molecule has 0 atom stereocenters. The number of nitrogens with one attached hydrogen (secondary N) is 1. The summed E-state index contributed by atoms with van der Waals surface area (Å²) in [5, 5.41) is 4.17. The van der Waals surface area contributed by atoms with Gasteiger partial charge >= 0.3 is 0 Å². The van der Waals surface area contributed by atoms with E-state index >= 15 is 0 Å². The lowest BCUT2D eigenvalue weighted by molar-refractivity contribution is 0.102. The summed E-state index contributed by atoms with van der Waals surface area (Å²) in [6.45, 7) is 3.86. The van der Waals surface area contributed by atoms with Crippen LogP contribution in [0, 0.1) is 13.8 Å². The molecular weight excluding hydrogens is 421 g/mol. The molecule has 4 nitrogen and oxygen atoms in total. The third kappa shape index (κ3) is 3.97. The quantitative estimate of drug-likeness (QED) is 0.390. The summed E-state index contributed by atoms with van der Waals surface area (Å²) in [4.78, 5) is 25.1. The van der Waals surface area contributed by atoms with Gasteiger partial charge in [-0.25, -0.2) is 0 Å². The van der Waals surface area contributed by atoms with Gasteiger partial charge in [0.2, 0.25) is 0 Å². The third-order valence-corrected chi connectivity index (χ3v) is 5.32. The Bertz CT molecular complexity index is 1340. The van der Waals surface area contributed by atoms with Crippen LogP contribution in [0.1, 0.15) is 21.5 Å². The van der Waals surface area contributed by atoms with Crippen molar-refractivity contribution in [3.05, 3.63) is 97.6 Å². The molecule has 1 heterocycles. The molecule has 1 N–H and O–H groups in total. The van der Waals surface area contributed by atoms with Crippen molar-refractivity contribution in [3.8, 4) is 11.3 Å². The predicted octanol–water partition coefficient (Wildman–Crippen LogP) is 6.64.